The van der Waals surface area contributed by atoms with Crippen molar-refractivity contribution in [3.8, 4) is 5.88 Å². The molecule has 2 aromatic rings. The molecule has 120 valence electrons. The van der Waals surface area contributed by atoms with Gasteiger partial charge in [-0.1, -0.05) is 30.7 Å². The van der Waals surface area contributed by atoms with Gasteiger partial charge in [-0.3, -0.25) is 19.6 Å². The van der Waals surface area contributed by atoms with Gasteiger partial charge in [0.25, 0.3) is 11.5 Å². The van der Waals surface area contributed by atoms with Crippen LogP contribution >= 0.6 is 11.6 Å². The molecule has 0 fully saturated rings. The molecule has 0 aliphatic rings. The molecule has 0 radical (unpaired) electrons. The highest BCUT2D eigenvalue weighted by Gasteiger charge is 2.15. The van der Waals surface area contributed by atoms with Gasteiger partial charge in [-0.2, -0.15) is 5.10 Å². The van der Waals surface area contributed by atoms with Crippen molar-refractivity contribution in [1.82, 2.24) is 15.4 Å². The number of rotatable bonds is 4. The highest BCUT2D eigenvalue weighted by molar-refractivity contribution is 6.33. The van der Waals surface area contributed by atoms with Gasteiger partial charge in [0, 0.05) is 0 Å². The molecule has 1 amide bonds. The molecule has 1 heterocycles. The van der Waals surface area contributed by atoms with E-state index in [2.05, 4.69) is 15.5 Å². The lowest BCUT2D eigenvalue weighted by molar-refractivity contribution is 0.0955. The van der Waals surface area contributed by atoms with Crippen LogP contribution in [0.25, 0.3) is 0 Å². The summed E-state index contributed by atoms with van der Waals surface area (Å²) in [5.41, 5.74) is 0.717. The molecular weight excluding hydrogens is 324 g/mol. The number of hydrazone groups is 1. The third-order valence-corrected chi connectivity index (χ3v) is 3.29. The molecule has 1 aromatic carbocycles. The van der Waals surface area contributed by atoms with E-state index in [1.807, 2.05) is 4.98 Å². The molecule has 1 aromatic heterocycles. The molecule has 0 aliphatic carbocycles. The van der Waals surface area contributed by atoms with Gasteiger partial charge in [0.2, 0.25) is 5.88 Å². The molecule has 0 atom stereocenters. The minimum absolute atomic E-state index is 0.0976. The average Bonchev–Trinajstić information content (AvgIpc) is 2.49. The maximum absolute atomic E-state index is 12.0. The summed E-state index contributed by atoms with van der Waals surface area (Å²) in [5, 5.41) is 13.8. The van der Waals surface area contributed by atoms with Gasteiger partial charge >= 0.3 is 5.69 Å². The fraction of sp³-hybridized carbons (Fsp3) is 0.143. The number of carbonyl (C=O) groups excluding carboxylic acids is 1. The van der Waals surface area contributed by atoms with Gasteiger partial charge in [-0.05, 0) is 18.6 Å². The molecule has 0 spiro atoms. The normalized spacial score (nSPS) is 11.3. The highest BCUT2D eigenvalue weighted by atomic mass is 35.5. The van der Waals surface area contributed by atoms with Gasteiger partial charge in [0.05, 0.1) is 16.3 Å². The molecule has 4 N–H and O–H groups in total. The molecule has 2 rings (SSSR count). The molecule has 0 saturated heterocycles. The Labute approximate surface area is 134 Å². The fourth-order valence-corrected chi connectivity index (χ4v) is 2.10. The molecule has 0 unspecified atom stereocenters. The lowest BCUT2D eigenvalue weighted by Gasteiger charge is -2.06. The standard InChI is InChI=1S/C14H13ClN4O4/c1-2-9(10-12(21)16-14(23)17-13(10)22)18-19-11(20)7-5-3-4-6-8(7)15/h3-6H,2H2,1H3,(H,19,20)(H3,16,17,21,22,23)/b18-9-. The number of carbonyl (C=O) groups is 1. The van der Waals surface area contributed by atoms with Crippen molar-refractivity contribution in [2.24, 2.45) is 5.10 Å². The second-order valence-corrected chi connectivity index (χ2v) is 4.87. The van der Waals surface area contributed by atoms with Gasteiger partial charge in [0.15, 0.2) is 0 Å². The first-order valence-corrected chi connectivity index (χ1v) is 6.99. The second kappa shape index (κ2) is 6.93. The van der Waals surface area contributed by atoms with Crippen molar-refractivity contribution in [3.63, 3.8) is 0 Å². The number of hydrogen-bond donors (Lipinski definition) is 4. The number of hydrogen-bond acceptors (Lipinski definition) is 5. The van der Waals surface area contributed by atoms with Crippen molar-refractivity contribution in [2.45, 2.75) is 13.3 Å². The lowest BCUT2D eigenvalue weighted by Crippen LogP contribution is -2.29. The Morgan fingerprint density at radius 3 is 2.61 bits per heavy atom. The molecule has 9 heteroatoms. The van der Waals surface area contributed by atoms with E-state index in [1.54, 1.807) is 25.1 Å². The first-order valence-electron chi connectivity index (χ1n) is 6.61. The molecule has 0 saturated carbocycles. The SMILES string of the molecule is CC/C(=N/NC(=O)c1ccccc1Cl)c1c(O)[nH]c(=O)[nH]c1=O. The maximum atomic E-state index is 12.0. The first kappa shape index (κ1) is 16.5. The van der Waals surface area contributed by atoms with Crippen molar-refractivity contribution < 1.29 is 9.90 Å². The van der Waals surface area contributed by atoms with Gasteiger partial charge in [-0.15, -0.1) is 0 Å². The largest absolute Gasteiger partial charge is 0.494 e. The van der Waals surface area contributed by atoms with E-state index in [-0.39, 0.29) is 28.3 Å². The quantitative estimate of drug-likeness (QED) is 0.490. The van der Waals surface area contributed by atoms with Crippen molar-refractivity contribution >= 4 is 23.2 Å². The van der Waals surface area contributed by atoms with Gasteiger partial charge in [-0.25, -0.2) is 10.2 Å². The Bertz CT molecular complexity index is 885. The number of halogens is 1. The Balaban J connectivity index is 2.34. The number of aromatic amines is 2. The zero-order valence-electron chi connectivity index (χ0n) is 12.0. The second-order valence-electron chi connectivity index (χ2n) is 4.46. The van der Waals surface area contributed by atoms with Crippen molar-refractivity contribution in [1.29, 1.82) is 0 Å². The number of nitrogens with one attached hydrogen (secondary N) is 3. The van der Waals surface area contributed by atoms with Crippen LogP contribution in [0.4, 0.5) is 0 Å². The minimum Gasteiger partial charge on any atom is -0.494 e. The Hall–Kier alpha value is -2.87. The van der Waals surface area contributed by atoms with Crippen LogP contribution in [0.1, 0.15) is 29.3 Å². The van der Waals surface area contributed by atoms with Crippen molar-refractivity contribution in [2.75, 3.05) is 0 Å². The summed E-state index contributed by atoms with van der Waals surface area (Å²) < 4.78 is 0. The van der Waals surface area contributed by atoms with Crippen LogP contribution in [-0.2, 0) is 0 Å². The van der Waals surface area contributed by atoms with E-state index in [9.17, 15) is 19.5 Å². The van der Waals surface area contributed by atoms with Gasteiger partial charge in [0.1, 0.15) is 5.56 Å². The topological polar surface area (TPSA) is 127 Å². The Morgan fingerprint density at radius 1 is 1.30 bits per heavy atom. The molecular formula is C14H13ClN4O4. The fourth-order valence-electron chi connectivity index (χ4n) is 1.88. The molecule has 23 heavy (non-hydrogen) atoms. The van der Waals surface area contributed by atoms with E-state index in [1.165, 1.54) is 6.07 Å². The summed E-state index contributed by atoms with van der Waals surface area (Å²) in [5.74, 6) is -1.19. The molecule has 8 nitrogen and oxygen atoms in total. The summed E-state index contributed by atoms with van der Waals surface area (Å²) in [7, 11) is 0. The number of aromatic hydroxyl groups is 1. The highest BCUT2D eigenvalue weighted by Crippen LogP contribution is 2.14. The maximum Gasteiger partial charge on any atom is 0.328 e. The minimum atomic E-state index is -0.841. The lowest BCUT2D eigenvalue weighted by atomic mass is 10.1. The Morgan fingerprint density at radius 2 is 2.00 bits per heavy atom. The average molecular weight is 337 g/mol. The van der Waals surface area contributed by atoms with Crippen molar-refractivity contribution in [3.05, 3.63) is 61.3 Å². The summed E-state index contributed by atoms with van der Waals surface area (Å²) in [6.07, 6.45) is 0.228. The zero-order chi connectivity index (χ0) is 17.0. The number of benzene rings is 1. The predicted molar refractivity (Wildman–Crippen MR) is 85.1 cm³/mol. The van der Waals surface area contributed by atoms with Crippen LogP contribution in [0.2, 0.25) is 5.02 Å². The van der Waals surface area contributed by atoms with Crippen LogP contribution < -0.4 is 16.7 Å². The summed E-state index contributed by atoms with van der Waals surface area (Å²) in [4.78, 5) is 38.9. The van der Waals surface area contributed by atoms with E-state index in [4.69, 9.17) is 11.6 Å². The number of nitrogens with zero attached hydrogens (tertiary/aromatic N) is 1. The predicted octanol–water partition coefficient (Wildman–Crippen LogP) is 0.966. The zero-order valence-corrected chi connectivity index (χ0v) is 12.8. The third kappa shape index (κ3) is 3.67. The Kier molecular flexibility index (Phi) is 4.97. The number of aromatic nitrogens is 2. The van der Waals surface area contributed by atoms with E-state index in [0.29, 0.717) is 0 Å². The monoisotopic (exact) mass is 336 g/mol. The smallest absolute Gasteiger partial charge is 0.328 e. The van der Waals surface area contributed by atoms with E-state index < -0.39 is 23.0 Å². The van der Waals surface area contributed by atoms with E-state index in [0.717, 1.165) is 0 Å². The first-order chi connectivity index (χ1) is 10.9. The molecule has 0 bridgehead atoms. The van der Waals surface area contributed by atoms with Crippen LogP contribution in [0.3, 0.4) is 0 Å². The van der Waals surface area contributed by atoms with Gasteiger partial charge < -0.3 is 5.11 Å². The third-order valence-electron chi connectivity index (χ3n) is 2.96. The van der Waals surface area contributed by atoms with Crippen LogP contribution in [-0.4, -0.2) is 26.7 Å². The van der Waals surface area contributed by atoms with Crippen LogP contribution in [0.5, 0.6) is 5.88 Å². The summed E-state index contributed by atoms with van der Waals surface area (Å²) >= 11 is 5.91. The van der Waals surface area contributed by atoms with Crippen LogP contribution in [0, 0.1) is 0 Å². The van der Waals surface area contributed by atoms with E-state index >= 15 is 0 Å². The number of H-pyrrole nitrogens is 2. The van der Waals surface area contributed by atoms with Crippen LogP contribution in [0.15, 0.2) is 39.0 Å². The summed E-state index contributed by atoms with van der Waals surface area (Å²) in [6.45, 7) is 1.67. The molecule has 0 aliphatic heterocycles. The number of amides is 1. The summed E-state index contributed by atoms with van der Waals surface area (Å²) in [6, 6.07) is 6.39.